The first kappa shape index (κ1) is 13.2. The van der Waals surface area contributed by atoms with Crippen molar-refractivity contribution in [2.45, 2.75) is 39.8 Å². The van der Waals surface area contributed by atoms with Gasteiger partial charge in [0.15, 0.2) is 0 Å². The predicted octanol–water partition coefficient (Wildman–Crippen LogP) is 2.06. The summed E-state index contributed by atoms with van der Waals surface area (Å²) in [4.78, 5) is 11.3. The molecule has 0 saturated carbocycles. The van der Waals surface area contributed by atoms with Gasteiger partial charge in [-0.25, -0.2) is 0 Å². The summed E-state index contributed by atoms with van der Waals surface area (Å²) in [6.07, 6.45) is 0.543. The second-order valence-corrected chi connectivity index (χ2v) is 4.97. The molecule has 0 saturated heterocycles. The first-order chi connectivity index (χ1) is 7.59. The van der Waals surface area contributed by atoms with Crippen LogP contribution in [0.5, 0.6) is 0 Å². The topological polar surface area (TPSA) is 41.1 Å². The van der Waals surface area contributed by atoms with Crippen LogP contribution in [0.3, 0.4) is 0 Å². The lowest BCUT2D eigenvalue weighted by Gasteiger charge is -2.08. The third kappa shape index (κ3) is 4.77. The van der Waals surface area contributed by atoms with Crippen molar-refractivity contribution in [1.29, 1.82) is 0 Å². The zero-order chi connectivity index (χ0) is 12.0. The molecule has 1 heterocycles. The Bertz CT molecular complexity index is 334. The van der Waals surface area contributed by atoms with Crippen molar-refractivity contribution >= 4 is 17.2 Å². The van der Waals surface area contributed by atoms with E-state index in [4.69, 9.17) is 0 Å². The van der Waals surface area contributed by atoms with E-state index >= 15 is 0 Å². The Kier molecular flexibility index (Phi) is 5.49. The molecule has 0 aromatic carbocycles. The Labute approximate surface area is 101 Å². The van der Waals surface area contributed by atoms with Crippen LogP contribution in [0.15, 0.2) is 10.8 Å². The number of carbonyl (C=O) groups excluding carboxylic acids is 1. The molecular weight excluding hydrogens is 220 g/mol. The van der Waals surface area contributed by atoms with Crippen molar-refractivity contribution < 1.29 is 4.79 Å². The van der Waals surface area contributed by atoms with Gasteiger partial charge in [0.25, 0.3) is 0 Å². The minimum atomic E-state index is 0.115. The van der Waals surface area contributed by atoms with E-state index in [0.717, 1.165) is 13.1 Å². The van der Waals surface area contributed by atoms with E-state index in [1.807, 2.05) is 13.8 Å². The van der Waals surface area contributed by atoms with E-state index in [-0.39, 0.29) is 11.9 Å². The lowest BCUT2D eigenvalue weighted by Crippen LogP contribution is -2.32. The summed E-state index contributed by atoms with van der Waals surface area (Å²) in [5.41, 5.74) is 2.65. The Morgan fingerprint density at radius 2 is 2.19 bits per heavy atom. The van der Waals surface area contributed by atoms with Gasteiger partial charge >= 0.3 is 0 Å². The number of amides is 1. The van der Waals surface area contributed by atoms with E-state index in [2.05, 4.69) is 28.3 Å². The van der Waals surface area contributed by atoms with Gasteiger partial charge in [0.2, 0.25) is 5.91 Å². The molecule has 4 heteroatoms. The molecule has 0 aliphatic carbocycles. The number of thiophene rings is 1. The molecule has 0 aliphatic rings. The quantitative estimate of drug-likeness (QED) is 0.747. The first-order valence-electron chi connectivity index (χ1n) is 5.61. The molecule has 0 atom stereocenters. The monoisotopic (exact) mass is 240 g/mol. The zero-order valence-electron chi connectivity index (χ0n) is 10.2. The number of carbonyl (C=O) groups is 1. The molecule has 0 spiro atoms. The summed E-state index contributed by atoms with van der Waals surface area (Å²) >= 11 is 1.72. The van der Waals surface area contributed by atoms with E-state index in [1.165, 1.54) is 11.1 Å². The molecule has 0 fully saturated rings. The van der Waals surface area contributed by atoms with Crippen LogP contribution in [0, 0.1) is 6.92 Å². The summed E-state index contributed by atoms with van der Waals surface area (Å²) < 4.78 is 0. The molecule has 1 rings (SSSR count). The van der Waals surface area contributed by atoms with Crippen LogP contribution in [0.4, 0.5) is 0 Å². The van der Waals surface area contributed by atoms with Crippen LogP contribution in [-0.4, -0.2) is 18.5 Å². The number of rotatable bonds is 6. The highest BCUT2D eigenvalue weighted by Gasteiger charge is 2.03. The molecule has 1 aromatic rings. The summed E-state index contributed by atoms with van der Waals surface area (Å²) in [5, 5.41) is 10.4. The number of hydrogen-bond donors (Lipinski definition) is 2. The summed E-state index contributed by atoms with van der Waals surface area (Å²) in [6.45, 7) is 7.64. The third-order valence-electron chi connectivity index (χ3n) is 2.26. The summed E-state index contributed by atoms with van der Waals surface area (Å²) in [5.74, 6) is 0.115. The standard InChI is InChI=1S/C12H20N2OS/c1-9(2)14-12(15)4-5-13-6-11-8-16-7-10(11)3/h7-9,13H,4-6H2,1-3H3,(H,14,15). The lowest BCUT2D eigenvalue weighted by atomic mass is 10.2. The van der Waals surface area contributed by atoms with Crippen molar-refractivity contribution in [2.24, 2.45) is 0 Å². The normalized spacial score (nSPS) is 10.8. The van der Waals surface area contributed by atoms with Crippen molar-refractivity contribution in [3.8, 4) is 0 Å². The fraction of sp³-hybridized carbons (Fsp3) is 0.583. The van der Waals surface area contributed by atoms with Crippen molar-refractivity contribution in [3.05, 3.63) is 21.9 Å². The molecule has 2 N–H and O–H groups in total. The maximum atomic E-state index is 11.3. The van der Waals surface area contributed by atoms with Gasteiger partial charge in [0, 0.05) is 25.6 Å². The highest BCUT2D eigenvalue weighted by atomic mass is 32.1. The molecule has 0 bridgehead atoms. The van der Waals surface area contributed by atoms with Gasteiger partial charge in [0.05, 0.1) is 0 Å². The van der Waals surface area contributed by atoms with Crippen molar-refractivity contribution in [3.63, 3.8) is 0 Å². The summed E-state index contributed by atoms with van der Waals surface area (Å²) in [7, 11) is 0. The zero-order valence-corrected chi connectivity index (χ0v) is 11.0. The molecule has 0 unspecified atom stereocenters. The molecule has 3 nitrogen and oxygen atoms in total. The van der Waals surface area contributed by atoms with Gasteiger partial charge in [-0.05, 0) is 42.7 Å². The number of nitrogens with one attached hydrogen (secondary N) is 2. The van der Waals surface area contributed by atoms with Crippen LogP contribution in [0.1, 0.15) is 31.4 Å². The van der Waals surface area contributed by atoms with Crippen molar-refractivity contribution in [2.75, 3.05) is 6.54 Å². The van der Waals surface area contributed by atoms with E-state index < -0.39 is 0 Å². The molecule has 1 amide bonds. The van der Waals surface area contributed by atoms with Crippen LogP contribution >= 0.6 is 11.3 Å². The van der Waals surface area contributed by atoms with Gasteiger partial charge in [-0.15, -0.1) is 0 Å². The minimum Gasteiger partial charge on any atom is -0.354 e. The Hall–Kier alpha value is -0.870. The average molecular weight is 240 g/mol. The van der Waals surface area contributed by atoms with Gasteiger partial charge in [-0.2, -0.15) is 11.3 Å². The lowest BCUT2D eigenvalue weighted by molar-refractivity contribution is -0.121. The molecule has 0 aliphatic heterocycles. The highest BCUT2D eigenvalue weighted by Crippen LogP contribution is 2.12. The van der Waals surface area contributed by atoms with Gasteiger partial charge in [-0.3, -0.25) is 4.79 Å². The Morgan fingerprint density at radius 3 is 2.75 bits per heavy atom. The smallest absolute Gasteiger partial charge is 0.221 e. The number of aryl methyl sites for hydroxylation is 1. The first-order valence-corrected chi connectivity index (χ1v) is 6.55. The predicted molar refractivity (Wildman–Crippen MR) is 68.7 cm³/mol. The van der Waals surface area contributed by atoms with Gasteiger partial charge < -0.3 is 10.6 Å². The maximum absolute atomic E-state index is 11.3. The van der Waals surface area contributed by atoms with Crippen molar-refractivity contribution in [1.82, 2.24) is 10.6 Å². The SMILES string of the molecule is Cc1cscc1CNCCC(=O)NC(C)C. The molecule has 0 radical (unpaired) electrons. The fourth-order valence-corrected chi connectivity index (χ4v) is 2.24. The highest BCUT2D eigenvalue weighted by molar-refractivity contribution is 7.08. The Morgan fingerprint density at radius 1 is 1.44 bits per heavy atom. The second-order valence-electron chi connectivity index (χ2n) is 4.23. The van der Waals surface area contributed by atoms with Crippen LogP contribution in [-0.2, 0) is 11.3 Å². The second kappa shape index (κ2) is 6.66. The van der Waals surface area contributed by atoms with Crippen LogP contribution in [0.25, 0.3) is 0 Å². The Balaban J connectivity index is 2.13. The van der Waals surface area contributed by atoms with Crippen LogP contribution < -0.4 is 10.6 Å². The van der Waals surface area contributed by atoms with E-state index in [9.17, 15) is 4.79 Å². The maximum Gasteiger partial charge on any atom is 0.221 e. The molecular formula is C12H20N2OS. The van der Waals surface area contributed by atoms with Gasteiger partial charge in [-0.1, -0.05) is 0 Å². The molecule has 16 heavy (non-hydrogen) atoms. The van der Waals surface area contributed by atoms with Crippen LogP contribution in [0.2, 0.25) is 0 Å². The van der Waals surface area contributed by atoms with Gasteiger partial charge in [0.1, 0.15) is 0 Å². The summed E-state index contributed by atoms with van der Waals surface area (Å²) in [6, 6.07) is 0.228. The largest absolute Gasteiger partial charge is 0.354 e. The molecule has 90 valence electrons. The number of hydrogen-bond acceptors (Lipinski definition) is 3. The van der Waals surface area contributed by atoms with E-state index in [1.54, 1.807) is 11.3 Å². The minimum absolute atomic E-state index is 0.115. The fourth-order valence-electron chi connectivity index (χ4n) is 1.39. The van der Waals surface area contributed by atoms with E-state index in [0.29, 0.717) is 6.42 Å². The third-order valence-corrected chi connectivity index (χ3v) is 3.17. The molecule has 1 aromatic heterocycles. The average Bonchev–Trinajstić information content (AvgIpc) is 2.58.